The average Bonchev–Trinajstić information content (AvgIpc) is 3.00. The lowest BCUT2D eigenvalue weighted by molar-refractivity contribution is 0.189. The van der Waals surface area contributed by atoms with Gasteiger partial charge in [0, 0.05) is 10.3 Å². The molecule has 0 aliphatic rings. The summed E-state index contributed by atoms with van der Waals surface area (Å²) in [5, 5.41) is 7.86. The van der Waals surface area contributed by atoms with Crippen LogP contribution in [0, 0.1) is 10.8 Å². The molecule has 0 amide bonds. The van der Waals surface area contributed by atoms with Gasteiger partial charge in [-0.3, -0.25) is 0 Å². The van der Waals surface area contributed by atoms with E-state index >= 15 is 0 Å². The molecule has 0 aliphatic carbocycles. The van der Waals surface area contributed by atoms with E-state index in [-0.39, 0.29) is 10.8 Å². The van der Waals surface area contributed by atoms with Crippen molar-refractivity contribution in [3.8, 4) is 22.3 Å². The zero-order chi connectivity index (χ0) is 30.4. The van der Waals surface area contributed by atoms with Gasteiger partial charge in [0.1, 0.15) is 0 Å². The minimum absolute atomic E-state index is 0.00406. The topological polar surface area (TPSA) is 0 Å². The van der Waals surface area contributed by atoms with Gasteiger partial charge in [-0.1, -0.05) is 151 Å². The summed E-state index contributed by atoms with van der Waals surface area (Å²) in [6, 6.07) is 40.7. The van der Waals surface area contributed by atoms with Gasteiger partial charge in [-0.25, -0.2) is 0 Å². The highest BCUT2D eigenvalue weighted by atomic mass is 32.2. The first-order chi connectivity index (χ1) is 20.6. The van der Waals surface area contributed by atoms with E-state index in [2.05, 4.69) is 157 Å². The molecule has 6 aromatic carbocycles. The molecule has 0 bridgehead atoms. The highest BCUT2D eigenvalue weighted by molar-refractivity contribution is 8.03. The third-order valence-electron chi connectivity index (χ3n) is 9.59. The molecule has 6 aromatic rings. The molecule has 1 heteroatoms. The van der Waals surface area contributed by atoms with Crippen LogP contribution in [0.1, 0.15) is 53.5 Å². The molecule has 0 saturated carbocycles. The summed E-state index contributed by atoms with van der Waals surface area (Å²) in [7, 11) is 0. The van der Waals surface area contributed by atoms with Crippen LogP contribution in [0.3, 0.4) is 0 Å². The van der Waals surface area contributed by atoms with Crippen molar-refractivity contribution in [1.29, 1.82) is 0 Å². The van der Waals surface area contributed by atoms with Crippen LogP contribution < -0.4 is 0 Å². The second-order valence-electron chi connectivity index (χ2n) is 13.4. The maximum atomic E-state index is 4.55. The van der Waals surface area contributed by atoms with E-state index in [1.165, 1.54) is 69.9 Å². The Balaban J connectivity index is 1.43. The molecule has 0 radical (unpaired) electrons. The molecule has 0 N–H and O–H groups in total. The van der Waals surface area contributed by atoms with Crippen molar-refractivity contribution in [2.24, 2.45) is 10.8 Å². The fourth-order valence-electron chi connectivity index (χ4n) is 5.97. The summed E-state index contributed by atoms with van der Waals surface area (Å²) in [5.74, 6) is 0. The molecule has 0 aromatic heterocycles. The van der Waals surface area contributed by atoms with E-state index in [0.29, 0.717) is 0 Å². The first-order valence-electron chi connectivity index (χ1n) is 15.5. The SMILES string of the molecule is C=C(Sc1cc(CCC)cc(-c2cccc(-c3ccc4c5ccccc5c5ccccc5c4c3)c2)c1)C(C)(C)C(C)(C)C. The van der Waals surface area contributed by atoms with Gasteiger partial charge in [0.05, 0.1) is 0 Å². The molecular weight excluding hydrogens is 537 g/mol. The number of allylic oxidation sites excluding steroid dienone is 1. The van der Waals surface area contributed by atoms with Crippen LogP contribution in [-0.4, -0.2) is 0 Å². The molecule has 0 heterocycles. The minimum atomic E-state index is 0.00406. The highest BCUT2D eigenvalue weighted by Gasteiger charge is 2.35. The predicted octanol–water partition coefficient (Wildman–Crippen LogP) is 13.1. The van der Waals surface area contributed by atoms with Crippen molar-refractivity contribution in [3.63, 3.8) is 0 Å². The van der Waals surface area contributed by atoms with Crippen LogP contribution >= 0.6 is 11.8 Å². The van der Waals surface area contributed by atoms with Gasteiger partial charge < -0.3 is 0 Å². The van der Waals surface area contributed by atoms with Gasteiger partial charge in [0.2, 0.25) is 0 Å². The molecule has 0 aliphatic heterocycles. The zero-order valence-corrected chi connectivity index (χ0v) is 27.2. The summed E-state index contributed by atoms with van der Waals surface area (Å²) in [4.78, 5) is 2.49. The van der Waals surface area contributed by atoms with E-state index in [9.17, 15) is 0 Å². The average molecular weight is 579 g/mol. The summed E-state index contributed by atoms with van der Waals surface area (Å²) in [6.07, 6.45) is 2.20. The Morgan fingerprint density at radius 1 is 0.558 bits per heavy atom. The molecule has 0 fully saturated rings. The van der Waals surface area contributed by atoms with E-state index in [1.54, 1.807) is 0 Å². The molecule has 0 saturated heterocycles. The van der Waals surface area contributed by atoms with Crippen LogP contribution in [0.25, 0.3) is 54.6 Å². The van der Waals surface area contributed by atoms with Gasteiger partial charge >= 0.3 is 0 Å². The van der Waals surface area contributed by atoms with Crippen LogP contribution in [0.5, 0.6) is 0 Å². The smallest absolute Gasteiger partial charge is 0.0127 e. The fraction of sp³-hybridized carbons (Fsp3) is 0.238. The number of thioether (sulfide) groups is 1. The van der Waals surface area contributed by atoms with E-state index in [0.717, 1.165) is 12.8 Å². The lowest BCUT2D eigenvalue weighted by Gasteiger charge is -2.40. The Morgan fingerprint density at radius 2 is 1.09 bits per heavy atom. The molecule has 0 spiro atoms. The molecule has 0 nitrogen and oxygen atoms in total. The minimum Gasteiger partial charge on any atom is -0.0946 e. The second kappa shape index (κ2) is 11.4. The Hall–Kier alpha value is -3.81. The third kappa shape index (κ3) is 5.52. The molecular formula is C42H42S. The Kier molecular flexibility index (Phi) is 7.73. The van der Waals surface area contributed by atoms with Gasteiger partial charge in [-0.05, 0) is 101 Å². The standard InChI is InChI=1S/C42H42S/c1-8-14-29-23-33(26-34(24-29)43-28(2)42(6,7)41(3,4)5)31-16-13-15-30(25-31)32-21-22-39-37-19-10-9-17-35(37)36-18-11-12-20-38(36)40(39)27-32/h9-13,15-27H,2,8,14H2,1,3-7H3. The number of hydrogen-bond donors (Lipinski definition) is 0. The Bertz CT molecular complexity index is 1950. The maximum Gasteiger partial charge on any atom is 0.0127 e. The van der Waals surface area contributed by atoms with Crippen LogP contribution in [0.15, 0.2) is 126 Å². The molecule has 6 rings (SSSR count). The van der Waals surface area contributed by atoms with Crippen molar-refractivity contribution in [1.82, 2.24) is 0 Å². The van der Waals surface area contributed by atoms with Crippen molar-refractivity contribution >= 4 is 44.1 Å². The Labute approximate surface area is 261 Å². The number of hydrogen-bond acceptors (Lipinski definition) is 1. The maximum absolute atomic E-state index is 4.55. The Morgan fingerprint density at radius 3 is 1.67 bits per heavy atom. The lowest BCUT2D eigenvalue weighted by Crippen LogP contribution is -2.30. The molecule has 216 valence electrons. The number of rotatable bonds is 7. The van der Waals surface area contributed by atoms with Gasteiger partial charge in [0.15, 0.2) is 0 Å². The first kappa shape index (κ1) is 29.3. The van der Waals surface area contributed by atoms with Crippen molar-refractivity contribution < 1.29 is 0 Å². The monoisotopic (exact) mass is 578 g/mol. The van der Waals surface area contributed by atoms with Gasteiger partial charge in [-0.15, -0.1) is 0 Å². The quantitative estimate of drug-likeness (QED) is 0.134. The van der Waals surface area contributed by atoms with E-state index in [4.69, 9.17) is 0 Å². The first-order valence-corrected chi connectivity index (χ1v) is 16.3. The van der Waals surface area contributed by atoms with Crippen LogP contribution in [0.2, 0.25) is 0 Å². The van der Waals surface area contributed by atoms with Gasteiger partial charge in [-0.2, -0.15) is 0 Å². The van der Waals surface area contributed by atoms with Gasteiger partial charge in [0.25, 0.3) is 0 Å². The predicted molar refractivity (Wildman–Crippen MR) is 192 cm³/mol. The lowest BCUT2D eigenvalue weighted by atomic mass is 9.69. The summed E-state index contributed by atoms with van der Waals surface area (Å²) in [6.45, 7) is 18.4. The zero-order valence-electron chi connectivity index (χ0n) is 26.4. The second-order valence-corrected chi connectivity index (χ2v) is 14.6. The van der Waals surface area contributed by atoms with E-state index < -0.39 is 0 Å². The van der Waals surface area contributed by atoms with Crippen molar-refractivity contribution in [3.05, 3.63) is 126 Å². The number of benzene rings is 6. The highest BCUT2D eigenvalue weighted by Crippen LogP contribution is 2.49. The number of fused-ring (bicyclic) bond motifs is 6. The normalized spacial score (nSPS) is 12.3. The van der Waals surface area contributed by atoms with Crippen LogP contribution in [-0.2, 0) is 6.42 Å². The fourth-order valence-corrected chi connectivity index (χ4v) is 7.22. The van der Waals surface area contributed by atoms with Crippen molar-refractivity contribution in [2.45, 2.75) is 59.3 Å². The van der Waals surface area contributed by atoms with Crippen LogP contribution in [0.4, 0.5) is 0 Å². The summed E-state index contributed by atoms with van der Waals surface area (Å²) >= 11 is 1.84. The molecule has 0 atom stereocenters. The van der Waals surface area contributed by atoms with Crippen molar-refractivity contribution in [2.75, 3.05) is 0 Å². The largest absolute Gasteiger partial charge is 0.0946 e. The number of aryl methyl sites for hydroxylation is 1. The molecule has 43 heavy (non-hydrogen) atoms. The summed E-state index contributed by atoms with van der Waals surface area (Å²) in [5.41, 5.74) is 6.53. The molecule has 0 unspecified atom stereocenters. The summed E-state index contributed by atoms with van der Waals surface area (Å²) < 4.78 is 0. The third-order valence-corrected chi connectivity index (χ3v) is 10.8. The van der Waals surface area contributed by atoms with E-state index in [1.807, 2.05) is 11.8 Å².